The number of carbonyl (C=O) groups excluding carboxylic acids is 1. The highest BCUT2D eigenvalue weighted by molar-refractivity contribution is 7.21. The van der Waals surface area contributed by atoms with Crippen LogP contribution in [-0.4, -0.2) is 37.0 Å². The summed E-state index contributed by atoms with van der Waals surface area (Å²) in [4.78, 5) is 15.7. The fourth-order valence-corrected chi connectivity index (χ4v) is 4.78. The number of hydrogen-bond donors (Lipinski definition) is 0. The van der Waals surface area contributed by atoms with Crippen LogP contribution in [0.25, 0.3) is 10.1 Å². The fraction of sp³-hybridized carbons (Fsp3) is 0.211. The Morgan fingerprint density at radius 1 is 0.862 bits per heavy atom. The molecule has 0 spiro atoms. The minimum Gasteiger partial charge on any atom is -0.363 e. The van der Waals surface area contributed by atoms with Crippen LogP contribution in [-0.2, 0) is 0 Å². The number of anilines is 1. The summed E-state index contributed by atoms with van der Waals surface area (Å²) in [7, 11) is 0. The Kier molecular flexibility index (Phi) is 5.12. The Balaban J connectivity index is 1.56. The quantitative estimate of drug-likeness (QED) is 0.306. The largest absolute Gasteiger partial charge is 0.363 e. The number of carbonyl (C=O) groups is 1. The molecule has 0 N–H and O–H groups in total. The predicted molar refractivity (Wildman–Crippen MR) is 101 cm³/mol. The van der Waals surface area contributed by atoms with Crippen molar-refractivity contribution in [2.45, 2.75) is 0 Å². The van der Waals surface area contributed by atoms with Gasteiger partial charge >= 0.3 is 0 Å². The van der Waals surface area contributed by atoms with Crippen LogP contribution in [0.1, 0.15) is 9.67 Å². The topological polar surface area (TPSA) is 23.6 Å². The van der Waals surface area contributed by atoms with Crippen molar-refractivity contribution in [2.75, 3.05) is 31.1 Å². The molecule has 1 aliphatic rings. The highest BCUT2D eigenvalue weighted by atomic mass is 35.5. The Labute approximate surface area is 170 Å². The first kappa shape index (κ1) is 19.9. The van der Waals surface area contributed by atoms with Gasteiger partial charge in [-0.15, -0.1) is 11.3 Å². The second kappa shape index (κ2) is 7.46. The third-order valence-corrected chi connectivity index (χ3v) is 6.46. The molecule has 0 radical (unpaired) electrons. The van der Waals surface area contributed by atoms with E-state index in [1.165, 1.54) is 16.2 Å². The van der Waals surface area contributed by atoms with Crippen molar-refractivity contribution in [1.82, 2.24) is 4.90 Å². The SMILES string of the molecule is O=C(c1sc2ccccc2c1Cl)N1CCN(c2c(F)c(F)c(F)c(F)c2F)CC1. The number of hydrogen-bond acceptors (Lipinski definition) is 3. The molecule has 0 bridgehead atoms. The van der Waals surface area contributed by atoms with Crippen LogP contribution in [0.5, 0.6) is 0 Å². The maximum absolute atomic E-state index is 14.0. The van der Waals surface area contributed by atoms with Crippen LogP contribution < -0.4 is 4.90 Å². The first-order valence-electron chi connectivity index (χ1n) is 8.54. The normalized spacial score (nSPS) is 14.7. The van der Waals surface area contributed by atoms with Crippen LogP contribution in [0.2, 0.25) is 5.02 Å². The molecule has 2 heterocycles. The Morgan fingerprint density at radius 3 is 2.00 bits per heavy atom. The van der Waals surface area contributed by atoms with Gasteiger partial charge in [0.1, 0.15) is 10.6 Å². The zero-order chi connectivity index (χ0) is 20.9. The summed E-state index contributed by atoms with van der Waals surface area (Å²) in [6, 6.07) is 7.26. The van der Waals surface area contributed by atoms with E-state index in [2.05, 4.69) is 0 Å². The summed E-state index contributed by atoms with van der Waals surface area (Å²) in [5, 5.41) is 1.08. The summed E-state index contributed by atoms with van der Waals surface area (Å²) >= 11 is 7.56. The average molecular weight is 447 g/mol. The molecule has 1 saturated heterocycles. The molecule has 152 valence electrons. The molecule has 3 aromatic rings. The van der Waals surface area contributed by atoms with E-state index in [1.54, 1.807) is 12.1 Å². The number of thiophene rings is 1. The van der Waals surface area contributed by atoms with Crippen LogP contribution in [0.3, 0.4) is 0 Å². The summed E-state index contributed by atoms with van der Waals surface area (Å²) in [5.74, 6) is -10.3. The van der Waals surface area contributed by atoms with E-state index in [-0.39, 0.29) is 32.1 Å². The van der Waals surface area contributed by atoms with Crippen molar-refractivity contribution >= 4 is 44.6 Å². The van der Waals surface area contributed by atoms with Crippen molar-refractivity contribution in [3.63, 3.8) is 0 Å². The zero-order valence-electron chi connectivity index (χ0n) is 14.6. The third kappa shape index (κ3) is 3.22. The van der Waals surface area contributed by atoms with Crippen molar-refractivity contribution in [3.8, 4) is 0 Å². The maximum atomic E-state index is 14.0. The molecule has 29 heavy (non-hydrogen) atoms. The van der Waals surface area contributed by atoms with Gasteiger partial charge in [0.15, 0.2) is 23.3 Å². The van der Waals surface area contributed by atoms with Gasteiger partial charge < -0.3 is 9.80 Å². The molecule has 1 amide bonds. The van der Waals surface area contributed by atoms with Gasteiger partial charge in [-0.25, -0.2) is 22.0 Å². The van der Waals surface area contributed by atoms with Gasteiger partial charge in [0.2, 0.25) is 5.82 Å². The molecule has 1 aliphatic heterocycles. The van der Waals surface area contributed by atoms with E-state index in [0.29, 0.717) is 9.90 Å². The molecule has 3 nitrogen and oxygen atoms in total. The third-order valence-electron chi connectivity index (χ3n) is 4.80. The Bertz CT molecular complexity index is 1100. The van der Waals surface area contributed by atoms with Gasteiger partial charge in [-0.1, -0.05) is 29.8 Å². The molecule has 2 aromatic carbocycles. The predicted octanol–water partition coefficient (Wildman–Crippen LogP) is 5.21. The lowest BCUT2D eigenvalue weighted by molar-refractivity contribution is 0.0751. The number of piperazine rings is 1. The number of halogens is 6. The molecule has 10 heteroatoms. The lowest BCUT2D eigenvalue weighted by atomic mass is 10.2. The number of nitrogens with zero attached hydrogens (tertiary/aromatic N) is 2. The van der Waals surface area contributed by atoms with Gasteiger partial charge in [-0.2, -0.15) is 0 Å². The molecule has 0 atom stereocenters. The summed E-state index contributed by atoms with van der Waals surface area (Å²) in [5.41, 5.74) is -0.978. The lowest BCUT2D eigenvalue weighted by Crippen LogP contribution is -2.49. The smallest absolute Gasteiger partial charge is 0.265 e. The monoisotopic (exact) mass is 446 g/mol. The van der Waals surface area contributed by atoms with Crippen molar-refractivity contribution in [2.24, 2.45) is 0 Å². The van der Waals surface area contributed by atoms with Crippen molar-refractivity contribution in [1.29, 1.82) is 0 Å². The number of fused-ring (bicyclic) bond motifs is 1. The average Bonchev–Trinajstić information content (AvgIpc) is 3.08. The first-order chi connectivity index (χ1) is 13.8. The standard InChI is InChI=1S/C19H12ClF5N2OS/c20-11-9-3-1-2-4-10(9)29-18(11)19(28)27-7-5-26(6-8-27)17-15(24)13(22)12(21)14(23)16(17)25/h1-4H,5-8H2. The van der Waals surface area contributed by atoms with E-state index < -0.39 is 34.8 Å². The van der Waals surface area contributed by atoms with Crippen molar-refractivity contribution in [3.05, 3.63) is 63.3 Å². The maximum Gasteiger partial charge on any atom is 0.265 e. The minimum absolute atomic E-state index is 0.0445. The van der Waals surface area contributed by atoms with Gasteiger partial charge in [0.05, 0.1) is 5.02 Å². The van der Waals surface area contributed by atoms with E-state index in [1.807, 2.05) is 12.1 Å². The van der Waals surface area contributed by atoms with Gasteiger partial charge in [-0.05, 0) is 6.07 Å². The highest BCUT2D eigenvalue weighted by Gasteiger charge is 2.32. The molecule has 1 aromatic heterocycles. The van der Waals surface area contributed by atoms with Crippen LogP contribution in [0.15, 0.2) is 24.3 Å². The van der Waals surface area contributed by atoms with Gasteiger partial charge in [0, 0.05) is 36.3 Å². The van der Waals surface area contributed by atoms with E-state index in [4.69, 9.17) is 11.6 Å². The molecular formula is C19H12ClF5N2OS. The van der Waals surface area contributed by atoms with Crippen LogP contribution in [0, 0.1) is 29.1 Å². The van der Waals surface area contributed by atoms with Crippen LogP contribution >= 0.6 is 22.9 Å². The minimum atomic E-state index is -2.20. The lowest BCUT2D eigenvalue weighted by Gasteiger charge is -2.36. The van der Waals surface area contributed by atoms with E-state index in [0.717, 1.165) is 15.0 Å². The number of amides is 1. The molecule has 0 saturated carbocycles. The fourth-order valence-electron chi connectivity index (χ4n) is 3.30. The van der Waals surface area contributed by atoms with E-state index >= 15 is 0 Å². The molecule has 1 fully saturated rings. The van der Waals surface area contributed by atoms with Crippen LogP contribution in [0.4, 0.5) is 27.6 Å². The number of benzene rings is 2. The molecule has 4 rings (SSSR count). The molecule has 0 aliphatic carbocycles. The summed E-state index contributed by atoms with van der Waals surface area (Å²) in [6.07, 6.45) is 0. The Morgan fingerprint density at radius 2 is 1.41 bits per heavy atom. The first-order valence-corrected chi connectivity index (χ1v) is 9.73. The highest BCUT2D eigenvalue weighted by Crippen LogP contribution is 2.36. The van der Waals surface area contributed by atoms with E-state index in [9.17, 15) is 26.7 Å². The molecule has 0 unspecified atom stereocenters. The van der Waals surface area contributed by atoms with Crippen molar-refractivity contribution < 1.29 is 26.7 Å². The molecular weight excluding hydrogens is 435 g/mol. The van der Waals surface area contributed by atoms with Gasteiger partial charge in [0.25, 0.3) is 5.91 Å². The van der Waals surface area contributed by atoms with Gasteiger partial charge in [-0.3, -0.25) is 4.79 Å². The number of rotatable bonds is 2. The second-order valence-corrected chi connectivity index (χ2v) is 7.87. The summed E-state index contributed by atoms with van der Waals surface area (Å²) in [6.45, 7) is -0.0922. The Hall–Kier alpha value is -2.39. The zero-order valence-corrected chi connectivity index (χ0v) is 16.2. The summed E-state index contributed by atoms with van der Waals surface area (Å²) < 4.78 is 69.1. The second-order valence-electron chi connectivity index (χ2n) is 6.44.